The molecule has 0 bridgehead atoms. The maximum Gasteiger partial charge on any atom is 0.326 e. The van der Waals surface area contributed by atoms with Crippen LogP contribution in [0.5, 0.6) is 0 Å². The van der Waals surface area contributed by atoms with E-state index in [4.69, 9.17) is 10.4 Å². The lowest BCUT2D eigenvalue weighted by molar-refractivity contribution is -0.141. The zero-order valence-corrected chi connectivity index (χ0v) is 13.5. The first-order chi connectivity index (χ1) is 11.1. The van der Waals surface area contributed by atoms with E-state index in [1.165, 1.54) is 18.0 Å². The van der Waals surface area contributed by atoms with Gasteiger partial charge in [-0.2, -0.15) is 17.0 Å². The van der Waals surface area contributed by atoms with E-state index >= 15 is 0 Å². The highest BCUT2D eigenvalue weighted by molar-refractivity contribution is 7.98. The fourth-order valence-electron chi connectivity index (χ4n) is 1.64. The lowest BCUT2D eigenvalue weighted by atomic mass is 10.2. The van der Waals surface area contributed by atoms with Crippen LogP contribution in [0, 0.1) is 11.3 Å². The van der Waals surface area contributed by atoms with E-state index in [2.05, 4.69) is 15.6 Å². The number of aromatic nitrogens is 1. The van der Waals surface area contributed by atoms with Crippen LogP contribution in [-0.4, -0.2) is 40.0 Å². The molecule has 122 valence electrons. The van der Waals surface area contributed by atoms with Crippen molar-refractivity contribution in [2.75, 3.05) is 12.0 Å². The highest BCUT2D eigenvalue weighted by Crippen LogP contribution is 2.03. The van der Waals surface area contributed by atoms with Crippen LogP contribution in [0.15, 0.2) is 36.2 Å². The van der Waals surface area contributed by atoms with Gasteiger partial charge in [-0.25, -0.2) is 4.79 Å². The molecule has 1 aromatic rings. The predicted molar refractivity (Wildman–Crippen MR) is 87.3 cm³/mol. The molecule has 3 N–H and O–H groups in total. The number of pyridine rings is 1. The van der Waals surface area contributed by atoms with E-state index in [0.717, 1.165) is 5.69 Å². The molecule has 1 aromatic heterocycles. The van der Waals surface area contributed by atoms with Gasteiger partial charge in [0.2, 0.25) is 0 Å². The van der Waals surface area contributed by atoms with Crippen LogP contribution >= 0.6 is 11.8 Å². The van der Waals surface area contributed by atoms with Gasteiger partial charge in [0, 0.05) is 12.4 Å². The van der Waals surface area contributed by atoms with Gasteiger partial charge in [0.05, 0.1) is 12.2 Å². The van der Waals surface area contributed by atoms with Crippen molar-refractivity contribution in [3.8, 4) is 6.07 Å². The van der Waals surface area contributed by atoms with Crippen molar-refractivity contribution in [1.82, 2.24) is 15.6 Å². The smallest absolute Gasteiger partial charge is 0.326 e. The molecule has 0 aliphatic carbocycles. The third kappa shape index (κ3) is 6.84. The van der Waals surface area contributed by atoms with E-state index in [1.54, 1.807) is 24.4 Å². The molecule has 1 atom stereocenters. The Morgan fingerprint density at radius 1 is 1.52 bits per heavy atom. The number of nitrogens with one attached hydrogen (secondary N) is 2. The van der Waals surface area contributed by atoms with Crippen LogP contribution < -0.4 is 10.6 Å². The Balaban J connectivity index is 2.61. The highest BCUT2D eigenvalue weighted by atomic mass is 32.2. The molecule has 1 unspecified atom stereocenters. The normalized spacial score (nSPS) is 12.1. The number of hydrogen-bond donors (Lipinski definition) is 3. The molecule has 0 aromatic carbocycles. The minimum absolute atomic E-state index is 0.184. The van der Waals surface area contributed by atoms with Gasteiger partial charge in [-0.05, 0) is 30.6 Å². The molecule has 23 heavy (non-hydrogen) atoms. The molecule has 0 fully saturated rings. The molecular weight excluding hydrogens is 316 g/mol. The van der Waals surface area contributed by atoms with Crippen molar-refractivity contribution >= 4 is 23.6 Å². The summed E-state index contributed by atoms with van der Waals surface area (Å²) in [4.78, 5) is 27.2. The summed E-state index contributed by atoms with van der Waals surface area (Å²) in [6.45, 7) is 0.355. The molecule has 8 heteroatoms. The number of carbonyl (C=O) groups excluding carboxylic acids is 1. The topological polar surface area (TPSA) is 115 Å². The van der Waals surface area contributed by atoms with Gasteiger partial charge in [0.15, 0.2) is 0 Å². The summed E-state index contributed by atoms with van der Waals surface area (Å²) in [6, 6.07) is 6.16. The van der Waals surface area contributed by atoms with E-state index in [9.17, 15) is 9.59 Å². The molecule has 0 aliphatic heterocycles. The second-order valence-corrected chi connectivity index (χ2v) is 5.50. The molecule has 0 saturated carbocycles. The van der Waals surface area contributed by atoms with Crippen molar-refractivity contribution in [3.05, 3.63) is 41.9 Å². The Hall–Kier alpha value is -2.53. The lowest BCUT2D eigenvalue weighted by Crippen LogP contribution is -2.41. The first-order valence-electron chi connectivity index (χ1n) is 6.84. The van der Waals surface area contributed by atoms with E-state index in [0.29, 0.717) is 18.7 Å². The third-order valence-electron chi connectivity index (χ3n) is 2.83. The molecule has 0 aliphatic rings. The second-order valence-electron chi connectivity index (χ2n) is 4.52. The number of hydrogen-bond acceptors (Lipinski definition) is 6. The minimum Gasteiger partial charge on any atom is -0.480 e. The number of thioether (sulfide) groups is 1. The van der Waals surface area contributed by atoms with Crippen LogP contribution in [0.3, 0.4) is 0 Å². The van der Waals surface area contributed by atoms with Gasteiger partial charge >= 0.3 is 5.97 Å². The first-order valence-corrected chi connectivity index (χ1v) is 8.24. The van der Waals surface area contributed by atoms with Crippen molar-refractivity contribution in [2.45, 2.75) is 19.0 Å². The maximum atomic E-state index is 12.0. The molecule has 1 heterocycles. The molecule has 0 spiro atoms. The Bertz CT molecular complexity index is 598. The van der Waals surface area contributed by atoms with Crippen LogP contribution in [0.25, 0.3) is 0 Å². The quantitative estimate of drug-likeness (QED) is 0.454. The highest BCUT2D eigenvalue weighted by Gasteiger charge is 2.21. The number of carboxylic acid groups (broad SMARTS) is 1. The van der Waals surface area contributed by atoms with Crippen LogP contribution in [0.1, 0.15) is 12.1 Å². The summed E-state index contributed by atoms with van der Waals surface area (Å²) in [5.74, 6) is -1.23. The van der Waals surface area contributed by atoms with Crippen LogP contribution in [0.2, 0.25) is 0 Å². The van der Waals surface area contributed by atoms with Gasteiger partial charge in [-0.15, -0.1) is 0 Å². The number of carboxylic acids is 1. The van der Waals surface area contributed by atoms with Gasteiger partial charge < -0.3 is 15.7 Å². The van der Waals surface area contributed by atoms with Crippen molar-refractivity contribution in [1.29, 1.82) is 5.26 Å². The maximum absolute atomic E-state index is 12.0. The fraction of sp³-hybridized carbons (Fsp3) is 0.333. The van der Waals surface area contributed by atoms with Crippen LogP contribution in [-0.2, 0) is 16.1 Å². The number of carbonyl (C=O) groups is 2. The summed E-state index contributed by atoms with van der Waals surface area (Å²) >= 11 is 1.49. The summed E-state index contributed by atoms with van der Waals surface area (Å²) in [7, 11) is 0. The molecule has 0 saturated heterocycles. The molecule has 1 rings (SSSR count). The standard InChI is InChI=1S/C15H18N4O3S/c1-23-7-5-13(15(21)22)19-14(20)11(8-16)9-17-10-12-4-2-3-6-18-12/h2-4,6,9,13,17H,5,7,10H2,1H3,(H,19,20)(H,21,22)/b11-9-. The number of nitrogens with zero attached hydrogens (tertiary/aromatic N) is 2. The van der Waals surface area contributed by atoms with Gasteiger partial charge in [-0.3, -0.25) is 9.78 Å². The Morgan fingerprint density at radius 3 is 2.87 bits per heavy atom. The summed E-state index contributed by atoms with van der Waals surface area (Å²) in [5, 5.41) is 23.3. The monoisotopic (exact) mass is 334 g/mol. The first kappa shape index (κ1) is 18.5. The average molecular weight is 334 g/mol. The lowest BCUT2D eigenvalue weighted by Gasteiger charge is -2.13. The minimum atomic E-state index is -1.12. The van der Waals surface area contributed by atoms with E-state index in [-0.39, 0.29) is 5.57 Å². The van der Waals surface area contributed by atoms with Gasteiger partial charge in [-0.1, -0.05) is 6.07 Å². The number of nitriles is 1. The number of rotatable bonds is 9. The molecular formula is C15H18N4O3S. The third-order valence-corrected chi connectivity index (χ3v) is 3.48. The number of amides is 1. The second kappa shape index (κ2) is 10.2. The predicted octanol–water partition coefficient (Wildman–Crippen LogP) is 0.901. The van der Waals surface area contributed by atoms with Crippen LogP contribution in [0.4, 0.5) is 0 Å². The summed E-state index contributed by atoms with van der Waals surface area (Å²) < 4.78 is 0. The van der Waals surface area contributed by atoms with Crippen molar-refractivity contribution in [3.63, 3.8) is 0 Å². The molecule has 7 nitrogen and oxygen atoms in total. The van der Waals surface area contributed by atoms with Gasteiger partial charge in [0.25, 0.3) is 5.91 Å². The SMILES string of the molecule is CSCCC(NC(=O)/C(C#N)=C\NCc1ccccn1)C(=O)O. The fourth-order valence-corrected chi connectivity index (χ4v) is 2.11. The number of aliphatic carboxylic acids is 1. The summed E-state index contributed by atoms with van der Waals surface area (Å²) in [6.07, 6.45) is 5.05. The van der Waals surface area contributed by atoms with Crippen molar-refractivity contribution in [2.24, 2.45) is 0 Å². The molecule has 0 radical (unpaired) electrons. The van der Waals surface area contributed by atoms with E-state index < -0.39 is 17.9 Å². The Morgan fingerprint density at radius 2 is 2.30 bits per heavy atom. The zero-order valence-electron chi connectivity index (χ0n) is 12.7. The Kier molecular flexibility index (Phi) is 8.24. The Labute approximate surface area is 138 Å². The largest absolute Gasteiger partial charge is 0.480 e. The van der Waals surface area contributed by atoms with Crippen molar-refractivity contribution < 1.29 is 14.7 Å². The average Bonchev–Trinajstić information content (AvgIpc) is 2.56. The zero-order chi connectivity index (χ0) is 17.1. The summed E-state index contributed by atoms with van der Waals surface area (Å²) in [5.41, 5.74) is 0.571. The van der Waals surface area contributed by atoms with E-state index in [1.807, 2.05) is 12.3 Å². The molecule has 1 amide bonds. The van der Waals surface area contributed by atoms with Gasteiger partial charge in [0.1, 0.15) is 17.7 Å².